The molecule has 5 rings (SSSR count). The molecule has 0 spiro atoms. The molecule has 0 amide bonds. The van der Waals surface area contributed by atoms with Crippen LogP contribution >= 0.6 is 23.5 Å². The number of phosphoric acid groups is 3. The average Bonchev–Trinajstić information content (AvgIpc) is 3.68. The monoisotopic (exact) mass is 815 g/mol. The van der Waals surface area contributed by atoms with E-state index in [1.54, 1.807) is 30.3 Å². The Morgan fingerprint density at radius 2 is 1.48 bits per heavy atom. The molecule has 6 N–H and O–H groups in total. The van der Waals surface area contributed by atoms with Crippen LogP contribution in [0.3, 0.4) is 0 Å². The lowest BCUT2D eigenvalue weighted by atomic mass is 10.0. The van der Waals surface area contributed by atoms with E-state index in [0.717, 1.165) is 6.33 Å². The number of hydrogen-bond acceptors (Lipinski definition) is 17. The fourth-order valence-corrected chi connectivity index (χ4v) is 8.13. The fourth-order valence-electron chi connectivity index (χ4n) is 5.13. The van der Waals surface area contributed by atoms with Gasteiger partial charge in [0.2, 0.25) is 0 Å². The highest BCUT2D eigenvalue weighted by molar-refractivity contribution is 7.66. The number of carbonyl (C=O) groups excluding carboxylic acids is 2. The Kier molecular flexibility index (Phi) is 14.5. The number of carbonyl (C=O) groups is 2. The summed E-state index contributed by atoms with van der Waals surface area (Å²) in [6.45, 7) is 9.04. The number of hydrogen-bond donors (Lipinski definition) is 5. The standard InChI is InChI=1S/C24H24N5O15P3.C6H15N/c25-21-17-22(27-11-26-21)29(12-28-17)23-19(31)20(16(41-23)10-40-46(36,37)44-47(38,39)43-45(33,34)35)42-24(32)15-8-6-14(7-9-15)18(30)13-4-2-1-3-5-13;1-4-7(5-2)6-3/h1-9,11-12,16,19-20,23,31H,10H2,(H,36,37)(H,38,39)(H2,25,26,27)(H2,33,34,35);4-6H2,1-3H3/p-1/t16-,19-,20-,23-;/m1./s1. The van der Waals surface area contributed by atoms with Crippen LogP contribution in [0, 0.1) is 0 Å². The van der Waals surface area contributed by atoms with Crippen molar-refractivity contribution < 1.29 is 70.6 Å². The van der Waals surface area contributed by atoms with Gasteiger partial charge in [-0.15, -0.1) is 0 Å². The van der Waals surface area contributed by atoms with E-state index in [9.17, 15) is 43.1 Å². The van der Waals surface area contributed by atoms with Crippen molar-refractivity contribution in [1.29, 1.82) is 0 Å². The minimum absolute atomic E-state index is 0.0159. The molecule has 1 saturated heterocycles. The Morgan fingerprint density at radius 3 is 2.06 bits per heavy atom. The summed E-state index contributed by atoms with van der Waals surface area (Å²) in [7, 11) is -17.5. The van der Waals surface area contributed by atoms with Crippen LogP contribution in [0.2, 0.25) is 0 Å². The van der Waals surface area contributed by atoms with E-state index in [2.05, 4.69) is 53.8 Å². The van der Waals surface area contributed by atoms with Gasteiger partial charge in [-0.3, -0.25) is 18.5 Å². The van der Waals surface area contributed by atoms with Gasteiger partial charge in [-0.2, -0.15) is 4.31 Å². The first-order valence-corrected chi connectivity index (χ1v) is 20.5. The number of anilines is 1. The number of nitrogens with two attached hydrogens (primary N) is 1. The van der Waals surface area contributed by atoms with Gasteiger partial charge in [-0.1, -0.05) is 63.2 Å². The highest BCUT2D eigenvalue weighted by Crippen LogP contribution is 2.65. The Hall–Kier alpha value is -3.78. The lowest BCUT2D eigenvalue weighted by molar-refractivity contribution is -0.212. The van der Waals surface area contributed by atoms with Crippen LogP contribution in [0.15, 0.2) is 67.3 Å². The maximum atomic E-state index is 13.1. The van der Waals surface area contributed by atoms with Crippen molar-refractivity contribution >= 4 is 52.2 Å². The van der Waals surface area contributed by atoms with Crippen LogP contribution in [-0.2, 0) is 36.3 Å². The first kappa shape index (κ1) is 43.0. The molecule has 1 fully saturated rings. The lowest BCUT2D eigenvalue weighted by Crippen LogP contribution is -2.38. The zero-order valence-electron chi connectivity index (χ0n) is 28.9. The predicted molar refractivity (Wildman–Crippen MR) is 186 cm³/mol. The maximum Gasteiger partial charge on any atom is 0.487 e. The number of ether oxygens (including phenoxy) is 2. The minimum Gasteiger partial charge on any atom is -0.756 e. The number of fused-ring (bicyclic) bond motifs is 1. The average molecular weight is 816 g/mol. The van der Waals surface area contributed by atoms with E-state index < -0.39 is 60.6 Å². The first-order chi connectivity index (χ1) is 25.4. The zero-order chi connectivity index (χ0) is 39.8. The van der Waals surface area contributed by atoms with Crippen LogP contribution in [0.25, 0.3) is 11.2 Å². The number of benzene rings is 2. The third-order valence-corrected chi connectivity index (χ3v) is 11.6. The van der Waals surface area contributed by atoms with Crippen molar-refractivity contribution in [2.24, 2.45) is 0 Å². The van der Waals surface area contributed by atoms with Gasteiger partial charge in [0.05, 0.1) is 18.5 Å². The Bertz CT molecular complexity index is 2040. The number of rotatable bonds is 15. The molecule has 4 aromatic rings. The van der Waals surface area contributed by atoms with E-state index >= 15 is 0 Å². The Morgan fingerprint density at radius 1 is 0.889 bits per heavy atom. The summed E-state index contributed by atoms with van der Waals surface area (Å²) in [5, 5.41) is 11.2. The second-order valence-electron chi connectivity index (χ2n) is 11.3. The molecule has 3 heterocycles. The third kappa shape index (κ3) is 11.4. The smallest absolute Gasteiger partial charge is 0.487 e. The van der Waals surface area contributed by atoms with Crippen molar-refractivity contribution in [1.82, 2.24) is 24.4 Å². The van der Waals surface area contributed by atoms with Gasteiger partial charge in [0.25, 0.3) is 7.82 Å². The van der Waals surface area contributed by atoms with E-state index in [1.165, 1.54) is 54.8 Å². The van der Waals surface area contributed by atoms with Crippen LogP contribution in [0.5, 0.6) is 0 Å². The summed E-state index contributed by atoms with van der Waals surface area (Å²) < 4.78 is 59.2. The summed E-state index contributed by atoms with van der Waals surface area (Å²) in [4.78, 5) is 78.9. The van der Waals surface area contributed by atoms with Crippen molar-refractivity contribution in [3.8, 4) is 0 Å². The van der Waals surface area contributed by atoms with E-state index in [4.69, 9.17) is 20.1 Å². The van der Waals surface area contributed by atoms with Gasteiger partial charge in [0.15, 0.2) is 29.6 Å². The molecule has 7 atom stereocenters. The number of nitrogens with zero attached hydrogens (tertiary/aromatic N) is 5. The summed E-state index contributed by atoms with van der Waals surface area (Å²) >= 11 is 0. The second-order valence-corrected chi connectivity index (χ2v) is 15.6. The van der Waals surface area contributed by atoms with Crippen molar-refractivity contribution in [2.45, 2.75) is 45.3 Å². The van der Waals surface area contributed by atoms with Crippen molar-refractivity contribution in [3.05, 3.63) is 83.9 Å². The minimum atomic E-state index is -5.90. The van der Waals surface area contributed by atoms with Crippen LogP contribution < -0.4 is 10.6 Å². The molecule has 21 nitrogen and oxygen atoms in total. The molecule has 1 aliphatic heterocycles. The molecular weight excluding hydrogens is 777 g/mol. The zero-order valence-corrected chi connectivity index (χ0v) is 31.6. The molecule has 294 valence electrons. The number of ketones is 1. The summed E-state index contributed by atoms with van der Waals surface area (Å²) in [6.07, 6.45) is -4.20. The fraction of sp³-hybridized carbons (Fsp3) is 0.367. The molecule has 3 unspecified atom stereocenters. The Labute approximate surface area is 308 Å². The summed E-state index contributed by atoms with van der Waals surface area (Å²) in [5.74, 6) is -1.36. The molecule has 2 aromatic heterocycles. The number of aliphatic hydroxyl groups excluding tert-OH is 1. The number of aliphatic hydroxyl groups is 1. The SMILES string of the molecule is CCN(CC)CC.Nc1ncnc2c1ncn2[C@@H]1O[C@H](COP(=O)(O)OP(=O)(O)OP(=O)([O-])O)[C@@H](OC(=O)c2ccc(C(=O)c3ccccc3)cc2)[C@H]1O. The van der Waals surface area contributed by atoms with Crippen LogP contribution in [0.4, 0.5) is 5.82 Å². The number of nitrogen functional groups attached to an aromatic ring is 1. The molecule has 0 aliphatic carbocycles. The molecule has 54 heavy (non-hydrogen) atoms. The van der Waals surface area contributed by atoms with Gasteiger partial charge in [-0.25, -0.2) is 33.2 Å². The van der Waals surface area contributed by atoms with Crippen LogP contribution in [0.1, 0.15) is 53.3 Å². The molecule has 24 heteroatoms. The molecule has 2 aromatic carbocycles. The van der Waals surface area contributed by atoms with Gasteiger partial charge < -0.3 is 44.8 Å². The van der Waals surface area contributed by atoms with Crippen LogP contribution in [-0.4, -0.2) is 101 Å². The summed E-state index contributed by atoms with van der Waals surface area (Å²) in [6, 6.07) is 13.7. The normalized spacial score (nSPS) is 21.7. The third-order valence-electron chi connectivity index (χ3n) is 7.79. The molecule has 0 saturated carbocycles. The van der Waals surface area contributed by atoms with Gasteiger partial charge >= 0.3 is 21.6 Å². The topological polar surface area (TPSA) is 308 Å². The number of phosphoric ester groups is 1. The highest BCUT2D eigenvalue weighted by Gasteiger charge is 2.49. The van der Waals surface area contributed by atoms with E-state index in [0.29, 0.717) is 5.56 Å². The number of esters is 1. The lowest BCUT2D eigenvalue weighted by Gasteiger charge is -2.23. The van der Waals surface area contributed by atoms with Crippen molar-refractivity contribution in [2.75, 3.05) is 32.0 Å². The molecule has 0 bridgehead atoms. The van der Waals surface area contributed by atoms with Gasteiger partial charge in [-0.05, 0) is 31.8 Å². The predicted octanol–water partition coefficient (Wildman–Crippen LogP) is 2.18. The highest BCUT2D eigenvalue weighted by atomic mass is 31.3. The molecule has 1 aliphatic rings. The number of imidazole rings is 1. The van der Waals surface area contributed by atoms with Crippen molar-refractivity contribution in [3.63, 3.8) is 0 Å². The quantitative estimate of drug-likeness (QED) is 0.0652. The van der Waals surface area contributed by atoms with Gasteiger partial charge in [0.1, 0.15) is 24.1 Å². The molecular formula is C30H38N6O15P3-. The first-order valence-electron chi connectivity index (χ1n) is 16.0. The second kappa shape index (κ2) is 18.2. The maximum absolute atomic E-state index is 13.1. The molecule has 0 radical (unpaired) electrons. The number of aromatic nitrogens is 4. The van der Waals surface area contributed by atoms with E-state index in [1.807, 2.05) is 0 Å². The van der Waals surface area contributed by atoms with Gasteiger partial charge in [0, 0.05) is 11.1 Å². The summed E-state index contributed by atoms with van der Waals surface area (Å²) in [5.41, 5.74) is 6.61. The largest absolute Gasteiger partial charge is 0.756 e. The van der Waals surface area contributed by atoms with E-state index in [-0.39, 0.29) is 33.9 Å². The Balaban J connectivity index is 0.000000845.